The second-order valence-corrected chi connectivity index (χ2v) is 5.99. The Bertz CT molecular complexity index is 204. The van der Waals surface area contributed by atoms with Gasteiger partial charge in [0.25, 0.3) is 0 Å². The summed E-state index contributed by atoms with van der Waals surface area (Å²) in [4.78, 5) is 2.48. The molecule has 0 saturated carbocycles. The lowest BCUT2D eigenvalue weighted by Crippen LogP contribution is -2.38. The minimum atomic E-state index is -0.543. The van der Waals surface area contributed by atoms with Crippen molar-refractivity contribution in [2.75, 3.05) is 37.7 Å². The summed E-state index contributed by atoms with van der Waals surface area (Å²) in [5.41, 5.74) is 0. The van der Waals surface area contributed by atoms with Crippen molar-refractivity contribution in [2.45, 2.75) is 25.3 Å². The predicted molar refractivity (Wildman–Crippen MR) is 60.0 cm³/mol. The number of hydrogen-bond donors (Lipinski definition) is 1. The Labute approximate surface area is 88.7 Å². The molecule has 2 aliphatic heterocycles. The molecule has 0 aromatic rings. The smallest absolute Gasteiger partial charge is 0.0362 e. The summed E-state index contributed by atoms with van der Waals surface area (Å²) in [6, 6.07) is 0.696. The van der Waals surface area contributed by atoms with Gasteiger partial charge in [0.2, 0.25) is 0 Å². The van der Waals surface area contributed by atoms with Crippen molar-refractivity contribution in [1.82, 2.24) is 10.2 Å². The van der Waals surface area contributed by atoms with Gasteiger partial charge in [-0.15, -0.1) is 0 Å². The summed E-state index contributed by atoms with van der Waals surface area (Å²) in [6.07, 6.45) is 3.75. The fourth-order valence-corrected chi connectivity index (χ4v) is 3.42. The zero-order valence-corrected chi connectivity index (χ0v) is 9.52. The van der Waals surface area contributed by atoms with Crippen LogP contribution in [-0.4, -0.2) is 52.8 Å². The molecule has 2 rings (SSSR count). The van der Waals surface area contributed by atoms with E-state index in [2.05, 4.69) is 10.2 Å². The molecule has 0 aromatic carbocycles. The minimum Gasteiger partial charge on any atom is -0.313 e. The lowest BCUT2D eigenvalue weighted by atomic mass is 10.2. The molecule has 1 N–H and O–H groups in total. The van der Waals surface area contributed by atoms with Crippen LogP contribution in [0.25, 0.3) is 0 Å². The first-order valence-electron chi connectivity index (χ1n) is 5.65. The van der Waals surface area contributed by atoms with Crippen molar-refractivity contribution in [1.29, 1.82) is 0 Å². The molecule has 2 fully saturated rings. The maximum Gasteiger partial charge on any atom is 0.0362 e. The number of nitrogens with one attached hydrogen (secondary N) is 1. The molecule has 0 bridgehead atoms. The first-order chi connectivity index (χ1) is 6.84. The summed E-state index contributed by atoms with van der Waals surface area (Å²) in [5.74, 6) is 1.79. The van der Waals surface area contributed by atoms with Crippen LogP contribution >= 0.6 is 0 Å². The predicted octanol–water partition coefficient (Wildman–Crippen LogP) is 0.193. The SMILES string of the molecule is O=S1CCCN(C[C@H]2CCCN2)CC1. The number of rotatable bonds is 2. The highest BCUT2D eigenvalue weighted by molar-refractivity contribution is 7.85. The van der Waals surface area contributed by atoms with Crippen molar-refractivity contribution in [2.24, 2.45) is 0 Å². The van der Waals surface area contributed by atoms with Crippen molar-refractivity contribution >= 4 is 10.8 Å². The summed E-state index contributed by atoms with van der Waals surface area (Å²) in [5, 5.41) is 3.52. The molecule has 1 unspecified atom stereocenters. The van der Waals surface area contributed by atoms with Gasteiger partial charge in [0.1, 0.15) is 0 Å². The van der Waals surface area contributed by atoms with Gasteiger partial charge in [-0.2, -0.15) is 0 Å². The van der Waals surface area contributed by atoms with Gasteiger partial charge < -0.3 is 10.2 Å². The number of nitrogens with zero attached hydrogens (tertiary/aromatic N) is 1. The van der Waals surface area contributed by atoms with Gasteiger partial charge in [-0.3, -0.25) is 4.21 Å². The highest BCUT2D eigenvalue weighted by Gasteiger charge is 2.19. The van der Waals surface area contributed by atoms with E-state index in [0.29, 0.717) is 6.04 Å². The van der Waals surface area contributed by atoms with Crippen LogP contribution in [-0.2, 0) is 10.8 Å². The van der Waals surface area contributed by atoms with E-state index in [0.717, 1.165) is 37.6 Å². The minimum absolute atomic E-state index is 0.543. The lowest BCUT2D eigenvalue weighted by Gasteiger charge is -2.23. The van der Waals surface area contributed by atoms with E-state index in [4.69, 9.17) is 0 Å². The molecule has 2 heterocycles. The quantitative estimate of drug-likeness (QED) is 0.715. The van der Waals surface area contributed by atoms with Crippen molar-refractivity contribution in [3.63, 3.8) is 0 Å². The van der Waals surface area contributed by atoms with Gasteiger partial charge in [0, 0.05) is 41.4 Å². The number of hydrogen-bond acceptors (Lipinski definition) is 3. The standard InChI is InChI=1S/C10H20N2OS/c13-14-7-2-5-12(6-8-14)9-10-3-1-4-11-10/h10-11H,1-9H2/t10-,14?/m1/s1. The van der Waals surface area contributed by atoms with Gasteiger partial charge in [-0.05, 0) is 32.4 Å². The Morgan fingerprint density at radius 2 is 2.21 bits per heavy atom. The Kier molecular flexibility index (Phi) is 3.96. The average Bonchev–Trinajstić information content (AvgIpc) is 2.58. The fourth-order valence-electron chi connectivity index (χ4n) is 2.30. The van der Waals surface area contributed by atoms with E-state index in [9.17, 15) is 4.21 Å². The zero-order valence-electron chi connectivity index (χ0n) is 8.71. The second kappa shape index (κ2) is 5.24. The third-order valence-electron chi connectivity index (χ3n) is 3.12. The van der Waals surface area contributed by atoms with E-state index in [1.165, 1.54) is 19.4 Å². The lowest BCUT2D eigenvalue weighted by molar-refractivity contribution is 0.267. The molecule has 2 saturated heterocycles. The Morgan fingerprint density at radius 3 is 3.00 bits per heavy atom. The van der Waals surface area contributed by atoms with E-state index in [-0.39, 0.29) is 0 Å². The van der Waals surface area contributed by atoms with Gasteiger partial charge in [0.05, 0.1) is 0 Å². The van der Waals surface area contributed by atoms with Crippen LogP contribution in [0.3, 0.4) is 0 Å². The van der Waals surface area contributed by atoms with Crippen LogP contribution in [0, 0.1) is 0 Å². The van der Waals surface area contributed by atoms with E-state index < -0.39 is 10.8 Å². The van der Waals surface area contributed by atoms with Gasteiger partial charge in [-0.25, -0.2) is 0 Å². The maximum absolute atomic E-state index is 11.3. The average molecular weight is 216 g/mol. The second-order valence-electron chi connectivity index (χ2n) is 4.30. The molecule has 4 heteroatoms. The van der Waals surface area contributed by atoms with Gasteiger partial charge in [-0.1, -0.05) is 0 Å². The zero-order chi connectivity index (χ0) is 9.80. The molecule has 14 heavy (non-hydrogen) atoms. The molecule has 0 amide bonds. The third kappa shape index (κ3) is 3.04. The molecular formula is C10H20N2OS. The molecule has 2 aliphatic rings. The molecule has 0 aromatic heterocycles. The fraction of sp³-hybridized carbons (Fsp3) is 1.00. The van der Waals surface area contributed by atoms with Crippen LogP contribution in [0.2, 0.25) is 0 Å². The first-order valence-corrected chi connectivity index (χ1v) is 7.14. The van der Waals surface area contributed by atoms with Crippen LogP contribution in [0.15, 0.2) is 0 Å². The van der Waals surface area contributed by atoms with E-state index >= 15 is 0 Å². The molecule has 3 nitrogen and oxygen atoms in total. The van der Waals surface area contributed by atoms with Crippen LogP contribution in [0.1, 0.15) is 19.3 Å². The maximum atomic E-state index is 11.3. The van der Waals surface area contributed by atoms with Crippen LogP contribution in [0.4, 0.5) is 0 Å². The normalized spacial score (nSPS) is 35.7. The molecule has 0 radical (unpaired) electrons. The van der Waals surface area contributed by atoms with Crippen LogP contribution in [0.5, 0.6) is 0 Å². The van der Waals surface area contributed by atoms with Crippen molar-refractivity contribution in [3.8, 4) is 0 Å². The summed E-state index contributed by atoms with van der Waals surface area (Å²) >= 11 is 0. The first kappa shape index (κ1) is 10.6. The largest absolute Gasteiger partial charge is 0.313 e. The van der Waals surface area contributed by atoms with Crippen molar-refractivity contribution in [3.05, 3.63) is 0 Å². The summed E-state index contributed by atoms with van der Waals surface area (Å²) in [7, 11) is -0.543. The summed E-state index contributed by atoms with van der Waals surface area (Å²) < 4.78 is 11.3. The van der Waals surface area contributed by atoms with E-state index in [1.54, 1.807) is 0 Å². The van der Waals surface area contributed by atoms with E-state index in [1.807, 2.05) is 0 Å². The van der Waals surface area contributed by atoms with Crippen LogP contribution < -0.4 is 5.32 Å². The molecule has 0 spiro atoms. The van der Waals surface area contributed by atoms with Gasteiger partial charge in [0.15, 0.2) is 0 Å². The Balaban J connectivity index is 1.76. The third-order valence-corrected chi connectivity index (χ3v) is 4.50. The highest BCUT2D eigenvalue weighted by Crippen LogP contribution is 2.09. The Hall–Kier alpha value is 0.0700. The van der Waals surface area contributed by atoms with Gasteiger partial charge >= 0.3 is 0 Å². The highest BCUT2D eigenvalue weighted by atomic mass is 32.2. The summed E-state index contributed by atoms with van der Waals surface area (Å²) in [6.45, 7) is 4.52. The topological polar surface area (TPSA) is 32.3 Å². The monoisotopic (exact) mass is 216 g/mol. The molecule has 82 valence electrons. The molecule has 0 aliphatic carbocycles. The van der Waals surface area contributed by atoms with Crippen molar-refractivity contribution < 1.29 is 4.21 Å². The Morgan fingerprint density at radius 1 is 1.29 bits per heavy atom. The molecule has 2 atom stereocenters. The molecular weight excluding hydrogens is 196 g/mol.